The SMILES string of the molecule is Nc1ncccc1CN1CCCC1c1ccc(F)cc1. The Morgan fingerprint density at radius 3 is 2.80 bits per heavy atom. The van der Waals surface area contributed by atoms with Crippen molar-refractivity contribution < 1.29 is 4.39 Å². The highest BCUT2D eigenvalue weighted by Gasteiger charge is 2.26. The fraction of sp³-hybridized carbons (Fsp3) is 0.312. The summed E-state index contributed by atoms with van der Waals surface area (Å²) in [5.41, 5.74) is 8.14. The summed E-state index contributed by atoms with van der Waals surface area (Å²) in [6, 6.07) is 11.1. The average Bonchev–Trinajstić information content (AvgIpc) is 2.90. The first-order valence-corrected chi connectivity index (χ1v) is 6.93. The molecule has 2 aromatic rings. The molecule has 0 bridgehead atoms. The maximum absolute atomic E-state index is 13.0. The van der Waals surface area contributed by atoms with E-state index in [2.05, 4.69) is 9.88 Å². The molecule has 1 fully saturated rings. The molecule has 0 amide bonds. The van der Waals surface area contributed by atoms with Crippen LogP contribution in [0.3, 0.4) is 0 Å². The lowest BCUT2D eigenvalue weighted by molar-refractivity contribution is 0.248. The van der Waals surface area contributed by atoms with Gasteiger partial charge in [-0.2, -0.15) is 0 Å². The summed E-state index contributed by atoms with van der Waals surface area (Å²) in [6.07, 6.45) is 3.97. The van der Waals surface area contributed by atoms with Crippen LogP contribution in [0.5, 0.6) is 0 Å². The topological polar surface area (TPSA) is 42.1 Å². The average molecular weight is 271 g/mol. The molecule has 3 nitrogen and oxygen atoms in total. The largest absolute Gasteiger partial charge is 0.383 e. The van der Waals surface area contributed by atoms with Crippen LogP contribution < -0.4 is 5.73 Å². The monoisotopic (exact) mass is 271 g/mol. The summed E-state index contributed by atoms with van der Waals surface area (Å²) in [5, 5.41) is 0. The fourth-order valence-corrected chi connectivity index (χ4v) is 2.88. The number of hydrogen-bond acceptors (Lipinski definition) is 3. The zero-order valence-electron chi connectivity index (χ0n) is 11.3. The molecule has 104 valence electrons. The Labute approximate surface area is 118 Å². The first-order valence-electron chi connectivity index (χ1n) is 6.93. The number of likely N-dealkylation sites (tertiary alicyclic amines) is 1. The maximum atomic E-state index is 13.0. The molecule has 3 rings (SSSR count). The van der Waals surface area contributed by atoms with Gasteiger partial charge in [-0.15, -0.1) is 0 Å². The molecule has 4 heteroatoms. The van der Waals surface area contributed by atoms with Crippen molar-refractivity contribution in [3.8, 4) is 0 Å². The highest BCUT2D eigenvalue weighted by molar-refractivity contribution is 5.38. The zero-order valence-corrected chi connectivity index (χ0v) is 11.3. The third kappa shape index (κ3) is 2.65. The number of hydrogen-bond donors (Lipinski definition) is 1. The van der Waals surface area contributed by atoms with Crippen molar-refractivity contribution in [3.63, 3.8) is 0 Å². The van der Waals surface area contributed by atoms with Crippen molar-refractivity contribution in [1.29, 1.82) is 0 Å². The molecule has 0 spiro atoms. The Morgan fingerprint density at radius 2 is 2.05 bits per heavy atom. The number of benzene rings is 1. The molecule has 2 N–H and O–H groups in total. The van der Waals surface area contributed by atoms with Gasteiger partial charge in [0.2, 0.25) is 0 Å². The minimum atomic E-state index is -0.185. The first-order chi connectivity index (χ1) is 9.74. The summed E-state index contributed by atoms with van der Waals surface area (Å²) in [4.78, 5) is 6.52. The molecular weight excluding hydrogens is 253 g/mol. The van der Waals surface area contributed by atoms with Gasteiger partial charge in [-0.25, -0.2) is 9.37 Å². The molecule has 20 heavy (non-hydrogen) atoms. The van der Waals surface area contributed by atoms with Crippen molar-refractivity contribution in [2.75, 3.05) is 12.3 Å². The summed E-state index contributed by atoms with van der Waals surface area (Å²) >= 11 is 0. The Morgan fingerprint density at radius 1 is 1.25 bits per heavy atom. The lowest BCUT2D eigenvalue weighted by Gasteiger charge is -2.25. The van der Waals surface area contributed by atoms with E-state index in [4.69, 9.17) is 5.73 Å². The number of nitrogens with zero attached hydrogens (tertiary/aromatic N) is 2. The standard InChI is InChI=1S/C16H18FN3/c17-14-7-5-12(6-8-14)15-4-2-10-20(15)11-13-3-1-9-19-16(13)18/h1,3,5-9,15H,2,4,10-11H2,(H2,18,19). The van der Waals surface area contributed by atoms with E-state index in [-0.39, 0.29) is 5.82 Å². The van der Waals surface area contributed by atoms with E-state index in [9.17, 15) is 4.39 Å². The summed E-state index contributed by atoms with van der Waals surface area (Å²) in [7, 11) is 0. The van der Waals surface area contributed by atoms with E-state index in [0.29, 0.717) is 11.9 Å². The van der Waals surface area contributed by atoms with Gasteiger partial charge in [0.15, 0.2) is 0 Å². The van der Waals surface area contributed by atoms with Crippen LogP contribution in [-0.4, -0.2) is 16.4 Å². The molecule has 1 aliphatic heterocycles. The van der Waals surface area contributed by atoms with Crippen LogP contribution in [0.4, 0.5) is 10.2 Å². The van der Waals surface area contributed by atoms with Gasteiger partial charge in [0, 0.05) is 24.3 Å². The van der Waals surface area contributed by atoms with Crippen LogP contribution in [0.15, 0.2) is 42.6 Å². The minimum absolute atomic E-state index is 0.185. The van der Waals surface area contributed by atoms with Gasteiger partial charge in [-0.3, -0.25) is 4.90 Å². The van der Waals surface area contributed by atoms with E-state index in [1.165, 1.54) is 17.7 Å². The first kappa shape index (κ1) is 13.1. The maximum Gasteiger partial charge on any atom is 0.127 e. The number of nitrogen functional groups attached to an aromatic ring is 1. The quantitative estimate of drug-likeness (QED) is 0.932. The van der Waals surface area contributed by atoms with Crippen LogP contribution in [0.1, 0.15) is 30.0 Å². The molecular formula is C16H18FN3. The van der Waals surface area contributed by atoms with Gasteiger partial charge in [0.05, 0.1) is 0 Å². The molecule has 1 saturated heterocycles. The van der Waals surface area contributed by atoms with E-state index in [1.54, 1.807) is 6.20 Å². The van der Waals surface area contributed by atoms with Gasteiger partial charge in [-0.05, 0) is 43.1 Å². The number of aromatic nitrogens is 1. The molecule has 1 aromatic carbocycles. The summed E-state index contributed by atoms with van der Waals surface area (Å²) in [6.45, 7) is 1.83. The predicted molar refractivity (Wildman–Crippen MR) is 77.4 cm³/mol. The van der Waals surface area contributed by atoms with Crippen LogP contribution in [0.25, 0.3) is 0 Å². The molecule has 1 unspecified atom stereocenters. The van der Waals surface area contributed by atoms with E-state index in [0.717, 1.165) is 31.5 Å². The van der Waals surface area contributed by atoms with Crippen molar-refractivity contribution in [1.82, 2.24) is 9.88 Å². The summed E-state index contributed by atoms with van der Waals surface area (Å²) in [5.74, 6) is 0.409. The Hall–Kier alpha value is -1.94. The van der Waals surface area contributed by atoms with Crippen molar-refractivity contribution in [2.45, 2.75) is 25.4 Å². The molecule has 1 aromatic heterocycles. The van der Waals surface area contributed by atoms with Crippen molar-refractivity contribution in [2.24, 2.45) is 0 Å². The molecule has 1 aliphatic rings. The second-order valence-electron chi connectivity index (χ2n) is 5.23. The number of halogens is 1. The number of anilines is 1. The highest BCUT2D eigenvalue weighted by atomic mass is 19.1. The minimum Gasteiger partial charge on any atom is -0.383 e. The second kappa shape index (κ2) is 5.59. The molecule has 2 heterocycles. The Bertz CT molecular complexity index is 583. The van der Waals surface area contributed by atoms with Gasteiger partial charge in [0.25, 0.3) is 0 Å². The second-order valence-corrected chi connectivity index (χ2v) is 5.23. The number of rotatable bonds is 3. The third-order valence-electron chi connectivity index (χ3n) is 3.92. The van der Waals surface area contributed by atoms with Gasteiger partial charge >= 0.3 is 0 Å². The fourth-order valence-electron chi connectivity index (χ4n) is 2.88. The molecule has 0 saturated carbocycles. The van der Waals surface area contributed by atoms with Gasteiger partial charge in [-0.1, -0.05) is 18.2 Å². The molecule has 0 aliphatic carbocycles. The van der Waals surface area contributed by atoms with Crippen LogP contribution in [-0.2, 0) is 6.54 Å². The van der Waals surface area contributed by atoms with Crippen molar-refractivity contribution in [3.05, 3.63) is 59.5 Å². The van der Waals surface area contributed by atoms with Crippen LogP contribution in [0.2, 0.25) is 0 Å². The summed E-state index contributed by atoms with van der Waals surface area (Å²) < 4.78 is 13.0. The smallest absolute Gasteiger partial charge is 0.127 e. The lowest BCUT2D eigenvalue weighted by atomic mass is 10.0. The van der Waals surface area contributed by atoms with Gasteiger partial charge < -0.3 is 5.73 Å². The number of pyridine rings is 1. The normalized spacial score (nSPS) is 19.4. The van der Waals surface area contributed by atoms with Crippen LogP contribution >= 0.6 is 0 Å². The Kier molecular flexibility index (Phi) is 3.65. The van der Waals surface area contributed by atoms with E-state index < -0.39 is 0 Å². The van der Waals surface area contributed by atoms with E-state index >= 15 is 0 Å². The zero-order chi connectivity index (χ0) is 13.9. The lowest BCUT2D eigenvalue weighted by Crippen LogP contribution is -2.23. The van der Waals surface area contributed by atoms with Gasteiger partial charge in [0.1, 0.15) is 11.6 Å². The van der Waals surface area contributed by atoms with Crippen LogP contribution in [0, 0.1) is 5.82 Å². The van der Waals surface area contributed by atoms with E-state index in [1.807, 2.05) is 24.3 Å². The third-order valence-corrected chi connectivity index (χ3v) is 3.92. The molecule has 1 atom stereocenters. The highest BCUT2D eigenvalue weighted by Crippen LogP contribution is 2.33. The molecule has 0 radical (unpaired) electrons. The van der Waals surface area contributed by atoms with Crippen molar-refractivity contribution >= 4 is 5.82 Å². The predicted octanol–water partition coefficient (Wildman–Crippen LogP) is 3.14. The number of nitrogens with two attached hydrogens (primary N) is 1. The Balaban J connectivity index is 1.79.